The molecule has 0 aliphatic rings. The Hall–Kier alpha value is -2.85. The Bertz CT molecular complexity index is 1080. The maximum atomic E-state index is 6.05. The van der Waals surface area contributed by atoms with Crippen molar-refractivity contribution in [3.05, 3.63) is 82.6 Å². The van der Waals surface area contributed by atoms with Crippen LogP contribution in [0.3, 0.4) is 0 Å². The van der Waals surface area contributed by atoms with Gasteiger partial charge in [0.2, 0.25) is 0 Å². The summed E-state index contributed by atoms with van der Waals surface area (Å²) in [5.74, 6) is 0.928. The fraction of sp³-hybridized carbons (Fsp3) is 0.182. The Balaban J connectivity index is 1.81. The Kier molecular flexibility index (Phi) is 4.58. The van der Waals surface area contributed by atoms with Crippen LogP contribution in [-0.4, -0.2) is 14.6 Å². The second kappa shape index (κ2) is 7.05. The maximum absolute atomic E-state index is 6.05. The Morgan fingerprint density at radius 2 is 1.70 bits per heavy atom. The van der Waals surface area contributed by atoms with E-state index in [0.717, 1.165) is 39.0 Å². The van der Waals surface area contributed by atoms with Crippen molar-refractivity contribution in [1.29, 1.82) is 0 Å². The zero-order valence-corrected chi connectivity index (χ0v) is 16.3. The quantitative estimate of drug-likeness (QED) is 0.486. The topological polar surface area (TPSA) is 42.2 Å². The summed E-state index contributed by atoms with van der Waals surface area (Å²) in [6, 6.07) is 20.4. The molecule has 27 heavy (non-hydrogen) atoms. The van der Waals surface area contributed by atoms with Gasteiger partial charge in [-0.2, -0.15) is 9.61 Å². The zero-order valence-electron chi connectivity index (χ0n) is 15.6. The molecule has 4 aromatic rings. The second-order valence-electron chi connectivity index (χ2n) is 6.76. The zero-order chi connectivity index (χ0) is 19.0. The van der Waals surface area contributed by atoms with Gasteiger partial charge in [-0.25, -0.2) is 4.98 Å². The molecule has 0 spiro atoms. The Labute approximate surface area is 163 Å². The van der Waals surface area contributed by atoms with E-state index in [1.165, 1.54) is 5.56 Å². The van der Waals surface area contributed by atoms with Crippen LogP contribution in [0.4, 0.5) is 5.82 Å². The summed E-state index contributed by atoms with van der Waals surface area (Å²) in [6.45, 7) is 6.16. The van der Waals surface area contributed by atoms with Gasteiger partial charge >= 0.3 is 0 Å². The summed E-state index contributed by atoms with van der Waals surface area (Å²) in [7, 11) is 0. The number of rotatable bonds is 4. The van der Waals surface area contributed by atoms with Crippen LogP contribution in [0.1, 0.15) is 29.9 Å². The van der Waals surface area contributed by atoms with Gasteiger partial charge in [0.05, 0.1) is 5.69 Å². The molecule has 1 N–H and O–H groups in total. The first-order valence-electron chi connectivity index (χ1n) is 8.97. The predicted molar refractivity (Wildman–Crippen MR) is 111 cm³/mol. The van der Waals surface area contributed by atoms with Crippen molar-refractivity contribution >= 4 is 23.1 Å². The van der Waals surface area contributed by atoms with Gasteiger partial charge in [-0.15, -0.1) is 0 Å². The first-order chi connectivity index (χ1) is 13.0. The third-order valence-electron chi connectivity index (χ3n) is 4.69. The van der Waals surface area contributed by atoms with E-state index < -0.39 is 0 Å². The highest BCUT2D eigenvalue weighted by Gasteiger charge is 2.17. The molecular formula is C22H21ClN4. The third kappa shape index (κ3) is 3.40. The standard InChI is InChI=1S/C22H21ClN4/c1-14-13-20(25-15(2)17-7-5-4-6-8-17)27-22(24-14)21(16(3)26-27)18-9-11-19(23)12-10-18/h4-13,15,25H,1-3H3/t15-/m1/s1. The van der Waals surface area contributed by atoms with Crippen molar-refractivity contribution in [2.45, 2.75) is 26.8 Å². The van der Waals surface area contributed by atoms with Crippen LogP contribution in [0.15, 0.2) is 60.7 Å². The molecule has 4 rings (SSSR count). The molecule has 0 radical (unpaired) electrons. The van der Waals surface area contributed by atoms with Crippen molar-refractivity contribution in [3.63, 3.8) is 0 Å². The van der Waals surface area contributed by atoms with Gasteiger partial charge in [-0.1, -0.05) is 54.1 Å². The number of aromatic nitrogens is 3. The number of nitrogens with one attached hydrogen (secondary N) is 1. The number of fused-ring (bicyclic) bond motifs is 1. The molecular weight excluding hydrogens is 356 g/mol. The van der Waals surface area contributed by atoms with E-state index in [2.05, 4.69) is 36.5 Å². The van der Waals surface area contributed by atoms with E-state index >= 15 is 0 Å². The molecule has 136 valence electrons. The Morgan fingerprint density at radius 3 is 2.41 bits per heavy atom. The van der Waals surface area contributed by atoms with Gasteiger partial charge < -0.3 is 5.32 Å². The second-order valence-corrected chi connectivity index (χ2v) is 7.20. The average Bonchev–Trinajstić information content (AvgIpc) is 2.99. The van der Waals surface area contributed by atoms with Crippen LogP contribution in [0.5, 0.6) is 0 Å². The molecule has 0 amide bonds. The molecule has 0 fully saturated rings. The molecule has 2 aromatic carbocycles. The van der Waals surface area contributed by atoms with Crippen LogP contribution >= 0.6 is 11.6 Å². The average molecular weight is 377 g/mol. The van der Waals surface area contributed by atoms with E-state index in [0.29, 0.717) is 0 Å². The summed E-state index contributed by atoms with van der Waals surface area (Å²) >= 11 is 6.05. The van der Waals surface area contributed by atoms with Crippen molar-refractivity contribution in [3.8, 4) is 11.1 Å². The van der Waals surface area contributed by atoms with Gasteiger partial charge in [-0.05, 0) is 44.0 Å². The van der Waals surface area contributed by atoms with Gasteiger partial charge in [-0.3, -0.25) is 0 Å². The first-order valence-corrected chi connectivity index (χ1v) is 9.35. The molecule has 0 aliphatic heterocycles. The van der Waals surface area contributed by atoms with E-state index in [9.17, 15) is 0 Å². The monoisotopic (exact) mass is 376 g/mol. The largest absolute Gasteiger partial charge is 0.363 e. The summed E-state index contributed by atoms with van der Waals surface area (Å²) in [4.78, 5) is 4.76. The van der Waals surface area contributed by atoms with Crippen LogP contribution in [0.25, 0.3) is 16.8 Å². The molecule has 2 aromatic heterocycles. The molecule has 0 bridgehead atoms. The SMILES string of the molecule is Cc1cc(N[C@H](C)c2ccccc2)n2nc(C)c(-c3ccc(Cl)cc3)c2n1. The summed E-state index contributed by atoms with van der Waals surface area (Å²) in [5.41, 5.74) is 6.04. The third-order valence-corrected chi connectivity index (χ3v) is 4.94. The van der Waals surface area contributed by atoms with Gasteiger partial charge in [0.25, 0.3) is 0 Å². The highest BCUT2D eigenvalue weighted by Crippen LogP contribution is 2.31. The number of halogens is 1. The number of benzene rings is 2. The van der Waals surface area contributed by atoms with E-state index in [4.69, 9.17) is 21.7 Å². The fourth-order valence-corrected chi connectivity index (χ4v) is 3.47. The normalized spacial score (nSPS) is 12.3. The van der Waals surface area contributed by atoms with Crippen LogP contribution in [0.2, 0.25) is 5.02 Å². The lowest BCUT2D eigenvalue weighted by Gasteiger charge is -2.17. The number of anilines is 1. The van der Waals surface area contributed by atoms with Gasteiger partial charge in [0.15, 0.2) is 5.65 Å². The fourth-order valence-electron chi connectivity index (χ4n) is 3.35. The minimum Gasteiger partial charge on any atom is -0.363 e. The van der Waals surface area contributed by atoms with Crippen LogP contribution < -0.4 is 5.32 Å². The smallest absolute Gasteiger partial charge is 0.165 e. The van der Waals surface area contributed by atoms with E-state index in [1.54, 1.807) is 0 Å². The van der Waals surface area contributed by atoms with Crippen LogP contribution in [0, 0.1) is 13.8 Å². The van der Waals surface area contributed by atoms with Crippen molar-refractivity contribution in [2.75, 3.05) is 5.32 Å². The molecule has 0 saturated carbocycles. The number of aryl methyl sites for hydroxylation is 2. The molecule has 0 aliphatic carbocycles. The maximum Gasteiger partial charge on any atom is 0.165 e. The van der Waals surface area contributed by atoms with Gasteiger partial charge in [0, 0.05) is 28.4 Å². The lowest BCUT2D eigenvalue weighted by atomic mass is 10.1. The van der Waals surface area contributed by atoms with Crippen molar-refractivity contribution < 1.29 is 0 Å². The number of nitrogens with zero attached hydrogens (tertiary/aromatic N) is 3. The molecule has 0 saturated heterocycles. The highest BCUT2D eigenvalue weighted by molar-refractivity contribution is 6.30. The molecule has 5 heteroatoms. The summed E-state index contributed by atoms with van der Waals surface area (Å²) in [5, 5.41) is 9.06. The predicted octanol–water partition coefficient (Wildman–Crippen LogP) is 5.84. The van der Waals surface area contributed by atoms with E-state index in [1.807, 2.05) is 54.8 Å². The minimum absolute atomic E-state index is 0.152. The van der Waals surface area contributed by atoms with E-state index in [-0.39, 0.29) is 6.04 Å². The first kappa shape index (κ1) is 17.6. The summed E-state index contributed by atoms with van der Waals surface area (Å²) in [6.07, 6.45) is 0. The van der Waals surface area contributed by atoms with Crippen LogP contribution in [-0.2, 0) is 0 Å². The lowest BCUT2D eigenvalue weighted by molar-refractivity contribution is 0.833. The lowest BCUT2D eigenvalue weighted by Crippen LogP contribution is -2.11. The molecule has 1 atom stereocenters. The Morgan fingerprint density at radius 1 is 1.00 bits per heavy atom. The molecule has 2 heterocycles. The highest BCUT2D eigenvalue weighted by atomic mass is 35.5. The number of hydrogen-bond acceptors (Lipinski definition) is 3. The van der Waals surface area contributed by atoms with Gasteiger partial charge in [0.1, 0.15) is 5.82 Å². The van der Waals surface area contributed by atoms with Crippen molar-refractivity contribution in [2.24, 2.45) is 0 Å². The number of hydrogen-bond donors (Lipinski definition) is 1. The molecule has 4 nitrogen and oxygen atoms in total. The van der Waals surface area contributed by atoms with Crippen molar-refractivity contribution in [1.82, 2.24) is 14.6 Å². The summed E-state index contributed by atoms with van der Waals surface area (Å²) < 4.78 is 1.89. The minimum atomic E-state index is 0.152. The molecule has 0 unspecified atom stereocenters.